The SMILES string of the molecule is COC(=O)CCSCc1c(C(=O)O)cnn1C. The van der Waals surface area contributed by atoms with Gasteiger partial charge in [-0.15, -0.1) is 0 Å². The van der Waals surface area contributed by atoms with E-state index in [1.165, 1.54) is 29.8 Å². The van der Waals surface area contributed by atoms with Gasteiger partial charge in [-0.05, 0) is 0 Å². The summed E-state index contributed by atoms with van der Waals surface area (Å²) in [5, 5.41) is 12.8. The Labute approximate surface area is 103 Å². The van der Waals surface area contributed by atoms with Crippen LogP contribution < -0.4 is 0 Å². The molecule has 0 bridgehead atoms. The van der Waals surface area contributed by atoms with E-state index in [0.29, 0.717) is 23.6 Å². The molecule has 0 aromatic carbocycles. The molecule has 17 heavy (non-hydrogen) atoms. The number of carboxylic acid groups (broad SMARTS) is 1. The van der Waals surface area contributed by atoms with Gasteiger partial charge in [0.15, 0.2) is 0 Å². The molecule has 0 aliphatic heterocycles. The Morgan fingerprint density at radius 2 is 2.29 bits per heavy atom. The molecule has 0 atom stereocenters. The first-order valence-corrected chi connectivity index (χ1v) is 6.10. The molecular formula is C10H14N2O4S. The van der Waals surface area contributed by atoms with Crippen LogP contribution in [0.5, 0.6) is 0 Å². The van der Waals surface area contributed by atoms with Crippen molar-refractivity contribution in [2.45, 2.75) is 12.2 Å². The van der Waals surface area contributed by atoms with Gasteiger partial charge in [-0.2, -0.15) is 16.9 Å². The lowest BCUT2D eigenvalue weighted by molar-refractivity contribution is -0.140. The fraction of sp³-hybridized carbons (Fsp3) is 0.500. The first kappa shape index (κ1) is 13.6. The second-order valence-corrected chi connectivity index (χ2v) is 4.42. The zero-order valence-corrected chi connectivity index (χ0v) is 10.5. The van der Waals surface area contributed by atoms with Gasteiger partial charge in [0, 0.05) is 18.6 Å². The summed E-state index contributed by atoms with van der Waals surface area (Å²) in [6, 6.07) is 0. The van der Waals surface area contributed by atoms with Gasteiger partial charge in [-0.3, -0.25) is 9.48 Å². The van der Waals surface area contributed by atoms with Crippen molar-refractivity contribution in [3.8, 4) is 0 Å². The molecule has 0 aliphatic carbocycles. The van der Waals surface area contributed by atoms with Crippen molar-refractivity contribution in [2.75, 3.05) is 12.9 Å². The highest BCUT2D eigenvalue weighted by atomic mass is 32.2. The number of aromatic carboxylic acids is 1. The van der Waals surface area contributed by atoms with Crippen LogP contribution in [0.15, 0.2) is 6.20 Å². The van der Waals surface area contributed by atoms with Gasteiger partial charge in [-0.1, -0.05) is 0 Å². The van der Waals surface area contributed by atoms with E-state index in [1.54, 1.807) is 7.05 Å². The van der Waals surface area contributed by atoms with Crippen molar-refractivity contribution in [3.05, 3.63) is 17.5 Å². The summed E-state index contributed by atoms with van der Waals surface area (Å²) in [6.45, 7) is 0. The van der Waals surface area contributed by atoms with Crippen LogP contribution in [0.25, 0.3) is 0 Å². The summed E-state index contributed by atoms with van der Waals surface area (Å²) in [5.41, 5.74) is 0.852. The number of nitrogens with zero attached hydrogens (tertiary/aromatic N) is 2. The second-order valence-electron chi connectivity index (χ2n) is 3.31. The molecule has 0 spiro atoms. The van der Waals surface area contributed by atoms with Crippen molar-refractivity contribution < 1.29 is 19.4 Å². The Morgan fingerprint density at radius 1 is 1.59 bits per heavy atom. The minimum Gasteiger partial charge on any atom is -0.478 e. The largest absolute Gasteiger partial charge is 0.478 e. The molecule has 1 rings (SSSR count). The van der Waals surface area contributed by atoms with E-state index in [1.807, 2.05) is 0 Å². The standard InChI is InChI=1S/C10H14N2O4S/c1-12-8(7(5-11-12)10(14)15)6-17-4-3-9(13)16-2/h5H,3-4,6H2,1-2H3,(H,14,15). The number of aromatic nitrogens is 2. The number of carbonyl (C=O) groups excluding carboxylic acids is 1. The van der Waals surface area contributed by atoms with Gasteiger partial charge >= 0.3 is 11.9 Å². The molecule has 0 aliphatic rings. The van der Waals surface area contributed by atoms with Crippen LogP contribution in [-0.4, -0.2) is 39.7 Å². The van der Waals surface area contributed by atoms with Crippen LogP contribution in [0.3, 0.4) is 0 Å². The van der Waals surface area contributed by atoms with Crippen LogP contribution >= 0.6 is 11.8 Å². The molecule has 7 heteroatoms. The van der Waals surface area contributed by atoms with E-state index < -0.39 is 5.97 Å². The van der Waals surface area contributed by atoms with Crippen molar-refractivity contribution in [1.82, 2.24) is 9.78 Å². The lowest BCUT2D eigenvalue weighted by Crippen LogP contribution is -2.05. The highest BCUT2D eigenvalue weighted by Crippen LogP contribution is 2.16. The van der Waals surface area contributed by atoms with E-state index in [-0.39, 0.29) is 11.5 Å². The number of esters is 1. The molecule has 1 N–H and O–H groups in total. The summed E-state index contributed by atoms with van der Waals surface area (Å²) in [7, 11) is 3.04. The predicted molar refractivity (Wildman–Crippen MR) is 63.0 cm³/mol. The monoisotopic (exact) mass is 258 g/mol. The number of aryl methyl sites for hydroxylation is 1. The third kappa shape index (κ3) is 3.77. The minimum atomic E-state index is -0.985. The number of carboxylic acids is 1. The first-order chi connectivity index (χ1) is 8.06. The topological polar surface area (TPSA) is 81.4 Å². The predicted octanol–water partition coefficient (Wildman–Crippen LogP) is 0.915. The van der Waals surface area contributed by atoms with Gasteiger partial charge in [0.1, 0.15) is 5.56 Å². The van der Waals surface area contributed by atoms with E-state index in [2.05, 4.69) is 9.84 Å². The maximum absolute atomic E-state index is 10.9. The maximum atomic E-state index is 10.9. The van der Waals surface area contributed by atoms with Crippen molar-refractivity contribution in [2.24, 2.45) is 7.05 Å². The van der Waals surface area contributed by atoms with Crippen LogP contribution in [0.1, 0.15) is 22.5 Å². The lowest BCUT2D eigenvalue weighted by Gasteiger charge is -2.03. The number of methoxy groups -OCH3 is 1. The Bertz CT molecular complexity index is 416. The number of hydrogen-bond donors (Lipinski definition) is 1. The van der Waals surface area contributed by atoms with Crippen molar-refractivity contribution in [1.29, 1.82) is 0 Å². The molecule has 1 aromatic rings. The van der Waals surface area contributed by atoms with Gasteiger partial charge in [0.05, 0.1) is 25.4 Å². The molecule has 1 heterocycles. The van der Waals surface area contributed by atoms with Gasteiger partial charge < -0.3 is 9.84 Å². The van der Waals surface area contributed by atoms with Crippen LogP contribution in [0.4, 0.5) is 0 Å². The summed E-state index contributed by atoms with van der Waals surface area (Å²) >= 11 is 1.48. The van der Waals surface area contributed by atoms with E-state index >= 15 is 0 Å². The average molecular weight is 258 g/mol. The maximum Gasteiger partial charge on any atom is 0.339 e. The summed E-state index contributed by atoms with van der Waals surface area (Å²) in [6.07, 6.45) is 1.65. The Kier molecular flexibility index (Phi) is 5.02. The van der Waals surface area contributed by atoms with E-state index in [4.69, 9.17) is 5.11 Å². The molecule has 1 aromatic heterocycles. The van der Waals surface area contributed by atoms with Crippen LogP contribution in [0.2, 0.25) is 0 Å². The Hall–Kier alpha value is -1.50. The van der Waals surface area contributed by atoms with Gasteiger partial charge in [-0.25, -0.2) is 4.79 Å². The van der Waals surface area contributed by atoms with Crippen LogP contribution in [0, 0.1) is 0 Å². The van der Waals surface area contributed by atoms with Crippen LogP contribution in [-0.2, 0) is 22.3 Å². The van der Waals surface area contributed by atoms with Crippen molar-refractivity contribution in [3.63, 3.8) is 0 Å². The number of carbonyl (C=O) groups is 2. The Balaban J connectivity index is 2.49. The normalized spacial score (nSPS) is 10.2. The highest BCUT2D eigenvalue weighted by Gasteiger charge is 2.14. The van der Waals surface area contributed by atoms with Crippen molar-refractivity contribution >= 4 is 23.7 Å². The number of ether oxygens (including phenoxy) is 1. The average Bonchev–Trinajstić information content (AvgIpc) is 2.66. The smallest absolute Gasteiger partial charge is 0.339 e. The third-order valence-corrected chi connectivity index (χ3v) is 3.18. The van der Waals surface area contributed by atoms with Gasteiger partial charge in [0.2, 0.25) is 0 Å². The molecule has 0 unspecified atom stereocenters. The zero-order valence-electron chi connectivity index (χ0n) is 9.67. The molecule has 0 radical (unpaired) electrons. The molecule has 0 fully saturated rings. The number of rotatable bonds is 6. The molecule has 0 saturated heterocycles. The fourth-order valence-electron chi connectivity index (χ4n) is 1.24. The molecular weight excluding hydrogens is 244 g/mol. The number of thioether (sulfide) groups is 1. The van der Waals surface area contributed by atoms with E-state index in [9.17, 15) is 9.59 Å². The van der Waals surface area contributed by atoms with Gasteiger partial charge in [0.25, 0.3) is 0 Å². The zero-order chi connectivity index (χ0) is 12.8. The molecule has 94 valence electrons. The summed E-state index contributed by atoms with van der Waals surface area (Å²) in [5.74, 6) is -0.144. The summed E-state index contributed by atoms with van der Waals surface area (Å²) < 4.78 is 6.05. The third-order valence-electron chi connectivity index (χ3n) is 2.21. The second kappa shape index (κ2) is 6.29. The molecule has 6 nitrogen and oxygen atoms in total. The lowest BCUT2D eigenvalue weighted by atomic mass is 10.3. The molecule has 0 amide bonds. The summed E-state index contributed by atoms with van der Waals surface area (Å²) in [4.78, 5) is 21.8. The first-order valence-electron chi connectivity index (χ1n) is 4.95. The number of hydrogen-bond acceptors (Lipinski definition) is 5. The van der Waals surface area contributed by atoms with E-state index in [0.717, 1.165) is 0 Å². The Morgan fingerprint density at radius 3 is 2.88 bits per heavy atom. The highest BCUT2D eigenvalue weighted by molar-refractivity contribution is 7.98. The fourth-order valence-corrected chi connectivity index (χ4v) is 2.23. The minimum absolute atomic E-state index is 0.207. The quantitative estimate of drug-likeness (QED) is 0.603. The molecule has 0 saturated carbocycles.